The van der Waals surface area contributed by atoms with Gasteiger partial charge in [0.1, 0.15) is 11.5 Å². The molecule has 0 radical (unpaired) electrons. The lowest BCUT2D eigenvalue weighted by atomic mass is 10.1. The number of anilines is 1. The summed E-state index contributed by atoms with van der Waals surface area (Å²) in [6.07, 6.45) is 0. The van der Waals surface area contributed by atoms with Gasteiger partial charge in [-0.2, -0.15) is 0 Å². The van der Waals surface area contributed by atoms with Crippen LogP contribution in [0.2, 0.25) is 5.02 Å². The first-order chi connectivity index (χ1) is 9.47. The van der Waals surface area contributed by atoms with Crippen molar-refractivity contribution in [3.8, 4) is 0 Å². The van der Waals surface area contributed by atoms with Crippen LogP contribution in [-0.4, -0.2) is 4.92 Å². The summed E-state index contributed by atoms with van der Waals surface area (Å²) < 4.78 is 13.4. The van der Waals surface area contributed by atoms with Gasteiger partial charge in [0.2, 0.25) is 0 Å². The molecule has 0 aliphatic heterocycles. The van der Waals surface area contributed by atoms with Crippen molar-refractivity contribution in [1.82, 2.24) is 0 Å². The molecule has 0 spiro atoms. The van der Waals surface area contributed by atoms with Gasteiger partial charge in [-0.1, -0.05) is 23.7 Å². The number of hydrogen-bond donors (Lipinski definition) is 1. The second-order valence-corrected chi connectivity index (χ2v) is 4.79. The monoisotopic (exact) mass is 294 g/mol. The Morgan fingerprint density at radius 3 is 2.55 bits per heavy atom. The second kappa shape index (κ2) is 5.88. The molecule has 0 aliphatic rings. The third kappa shape index (κ3) is 3.24. The fraction of sp³-hybridized carbons (Fsp3) is 0.143. The van der Waals surface area contributed by atoms with E-state index in [0.29, 0.717) is 22.8 Å². The Hall–Kier alpha value is -2.14. The normalized spacial score (nSPS) is 10.3. The van der Waals surface area contributed by atoms with Crippen molar-refractivity contribution in [2.24, 2.45) is 0 Å². The molecule has 0 amide bonds. The Bertz CT molecular complexity index is 644. The lowest BCUT2D eigenvalue weighted by Crippen LogP contribution is -2.04. The third-order valence-electron chi connectivity index (χ3n) is 2.87. The Morgan fingerprint density at radius 2 is 1.95 bits per heavy atom. The van der Waals surface area contributed by atoms with E-state index >= 15 is 0 Å². The highest BCUT2D eigenvalue weighted by Gasteiger charge is 2.16. The molecule has 0 atom stereocenters. The fourth-order valence-electron chi connectivity index (χ4n) is 1.76. The number of hydrogen-bond acceptors (Lipinski definition) is 3. The van der Waals surface area contributed by atoms with Crippen LogP contribution in [0.5, 0.6) is 0 Å². The molecule has 0 bridgehead atoms. The molecule has 2 rings (SSSR count). The summed E-state index contributed by atoms with van der Waals surface area (Å²) in [6, 6.07) is 9.48. The molecule has 0 saturated carbocycles. The van der Waals surface area contributed by atoms with Crippen LogP contribution in [0.3, 0.4) is 0 Å². The number of nitro benzene ring substituents is 1. The predicted octanol–water partition coefficient (Wildman–Crippen LogP) is 4.31. The van der Waals surface area contributed by atoms with Crippen LogP contribution in [0.15, 0.2) is 36.4 Å². The standard InChI is InChI=1S/C14H12ClFN2O2/c1-9-6-13(14(18(19)20)7-12(9)16)17-8-10-2-4-11(15)5-3-10/h2-7,17H,8H2,1H3. The van der Waals surface area contributed by atoms with Crippen molar-refractivity contribution in [2.75, 3.05) is 5.32 Å². The van der Waals surface area contributed by atoms with E-state index < -0.39 is 10.7 Å². The summed E-state index contributed by atoms with van der Waals surface area (Å²) in [6.45, 7) is 1.95. The summed E-state index contributed by atoms with van der Waals surface area (Å²) >= 11 is 5.78. The van der Waals surface area contributed by atoms with Gasteiger partial charge in [-0.15, -0.1) is 0 Å². The van der Waals surface area contributed by atoms with Crippen LogP contribution in [0.1, 0.15) is 11.1 Å². The molecule has 0 fully saturated rings. The van der Waals surface area contributed by atoms with E-state index in [2.05, 4.69) is 5.32 Å². The fourth-order valence-corrected chi connectivity index (χ4v) is 1.89. The number of nitrogens with one attached hydrogen (secondary N) is 1. The summed E-state index contributed by atoms with van der Waals surface area (Å²) in [7, 11) is 0. The lowest BCUT2D eigenvalue weighted by Gasteiger charge is -2.09. The minimum absolute atomic E-state index is 0.276. The molecule has 0 aromatic heterocycles. The van der Waals surface area contributed by atoms with Crippen LogP contribution in [-0.2, 0) is 6.54 Å². The molecule has 0 unspecified atom stereocenters. The average molecular weight is 295 g/mol. The summed E-state index contributed by atoms with van der Waals surface area (Å²) in [4.78, 5) is 10.3. The van der Waals surface area contributed by atoms with Crippen molar-refractivity contribution >= 4 is 23.0 Å². The Morgan fingerprint density at radius 1 is 1.30 bits per heavy atom. The van der Waals surface area contributed by atoms with Gasteiger partial charge in [-0.05, 0) is 36.2 Å². The van der Waals surface area contributed by atoms with Crippen LogP contribution >= 0.6 is 11.6 Å². The molecule has 2 aromatic carbocycles. The van der Waals surface area contributed by atoms with E-state index in [1.165, 1.54) is 6.07 Å². The van der Waals surface area contributed by atoms with Crippen molar-refractivity contribution in [3.63, 3.8) is 0 Å². The highest BCUT2D eigenvalue weighted by Crippen LogP contribution is 2.28. The molecule has 0 saturated heterocycles. The Kier molecular flexibility index (Phi) is 4.20. The van der Waals surface area contributed by atoms with Gasteiger partial charge >= 0.3 is 0 Å². The van der Waals surface area contributed by atoms with Crippen molar-refractivity contribution in [3.05, 3.63) is 68.5 Å². The van der Waals surface area contributed by atoms with Crippen LogP contribution in [0.4, 0.5) is 15.8 Å². The van der Waals surface area contributed by atoms with Crippen LogP contribution in [0, 0.1) is 22.9 Å². The Labute approximate surface area is 120 Å². The molecule has 2 aromatic rings. The number of aryl methyl sites for hydroxylation is 1. The highest BCUT2D eigenvalue weighted by molar-refractivity contribution is 6.30. The molecule has 4 nitrogen and oxygen atoms in total. The molecule has 0 heterocycles. The zero-order valence-electron chi connectivity index (χ0n) is 10.7. The van der Waals surface area contributed by atoms with Gasteiger partial charge in [0, 0.05) is 11.6 Å². The first-order valence-corrected chi connectivity index (χ1v) is 6.28. The quantitative estimate of drug-likeness (QED) is 0.675. The number of halogens is 2. The van der Waals surface area contributed by atoms with Crippen LogP contribution < -0.4 is 5.32 Å². The first-order valence-electron chi connectivity index (χ1n) is 5.90. The van der Waals surface area contributed by atoms with Gasteiger partial charge in [0.25, 0.3) is 5.69 Å². The van der Waals surface area contributed by atoms with E-state index in [9.17, 15) is 14.5 Å². The SMILES string of the molecule is Cc1cc(NCc2ccc(Cl)cc2)c([N+](=O)[O-])cc1F. The van der Waals surface area contributed by atoms with E-state index in [0.717, 1.165) is 11.6 Å². The molecular weight excluding hydrogens is 283 g/mol. The van der Waals surface area contributed by atoms with Gasteiger partial charge < -0.3 is 5.32 Å². The maximum Gasteiger partial charge on any atom is 0.295 e. The van der Waals surface area contributed by atoms with Gasteiger partial charge in [0.15, 0.2) is 0 Å². The topological polar surface area (TPSA) is 55.2 Å². The maximum atomic E-state index is 13.4. The van der Waals surface area contributed by atoms with Crippen molar-refractivity contribution in [2.45, 2.75) is 13.5 Å². The third-order valence-corrected chi connectivity index (χ3v) is 3.12. The Balaban J connectivity index is 2.22. The number of nitro groups is 1. The van der Waals surface area contributed by atoms with E-state index in [-0.39, 0.29) is 5.69 Å². The van der Waals surface area contributed by atoms with Crippen molar-refractivity contribution in [1.29, 1.82) is 0 Å². The van der Waals surface area contributed by atoms with Gasteiger partial charge in [0.05, 0.1) is 11.0 Å². The van der Waals surface area contributed by atoms with Crippen LogP contribution in [0.25, 0.3) is 0 Å². The maximum absolute atomic E-state index is 13.4. The minimum Gasteiger partial charge on any atom is -0.375 e. The zero-order chi connectivity index (χ0) is 14.7. The largest absolute Gasteiger partial charge is 0.375 e. The average Bonchev–Trinajstić information content (AvgIpc) is 2.41. The van der Waals surface area contributed by atoms with E-state index in [1.54, 1.807) is 19.1 Å². The summed E-state index contributed by atoms with van der Waals surface area (Å²) in [5, 5.41) is 14.5. The molecule has 104 valence electrons. The molecule has 1 N–H and O–H groups in total. The molecule has 20 heavy (non-hydrogen) atoms. The highest BCUT2D eigenvalue weighted by atomic mass is 35.5. The lowest BCUT2D eigenvalue weighted by molar-refractivity contribution is -0.384. The zero-order valence-corrected chi connectivity index (χ0v) is 11.4. The first kappa shape index (κ1) is 14.3. The predicted molar refractivity (Wildman–Crippen MR) is 76.6 cm³/mol. The molecule has 0 aliphatic carbocycles. The van der Waals surface area contributed by atoms with E-state index in [4.69, 9.17) is 11.6 Å². The minimum atomic E-state index is -0.604. The number of benzene rings is 2. The van der Waals surface area contributed by atoms with E-state index in [1.807, 2.05) is 12.1 Å². The van der Waals surface area contributed by atoms with Crippen molar-refractivity contribution < 1.29 is 9.31 Å². The summed E-state index contributed by atoms with van der Waals surface area (Å²) in [5.74, 6) is -0.589. The van der Waals surface area contributed by atoms with Gasteiger partial charge in [-0.3, -0.25) is 10.1 Å². The van der Waals surface area contributed by atoms with Gasteiger partial charge in [-0.25, -0.2) is 4.39 Å². The number of rotatable bonds is 4. The number of nitrogens with zero attached hydrogens (tertiary/aromatic N) is 1. The smallest absolute Gasteiger partial charge is 0.295 e. The summed E-state index contributed by atoms with van der Waals surface area (Å²) in [5.41, 5.74) is 1.30. The molecular formula is C14H12ClFN2O2. The second-order valence-electron chi connectivity index (χ2n) is 4.36. The molecule has 6 heteroatoms.